The number of rotatable bonds is 5. The summed E-state index contributed by atoms with van der Waals surface area (Å²) in [6.07, 6.45) is 0.295. The quantitative estimate of drug-likeness (QED) is 0.812. The van der Waals surface area contributed by atoms with Gasteiger partial charge in [-0.15, -0.1) is 0 Å². The van der Waals surface area contributed by atoms with Gasteiger partial charge in [0.25, 0.3) is 0 Å². The first-order chi connectivity index (χ1) is 9.74. The van der Waals surface area contributed by atoms with Crippen LogP contribution >= 0.6 is 0 Å². The van der Waals surface area contributed by atoms with E-state index in [1.165, 1.54) is 7.11 Å². The lowest BCUT2D eigenvalue weighted by Gasteiger charge is -2.26. The number of nitrogens with two attached hydrogens (primary N) is 1. The van der Waals surface area contributed by atoms with Crippen molar-refractivity contribution in [2.75, 3.05) is 7.11 Å². The predicted octanol–water partition coefficient (Wildman–Crippen LogP) is 1.85. The summed E-state index contributed by atoms with van der Waals surface area (Å²) in [7, 11) is 1.34. The highest BCUT2D eigenvalue weighted by Gasteiger charge is 2.22. The van der Waals surface area contributed by atoms with E-state index >= 15 is 0 Å². The zero-order chi connectivity index (χ0) is 16.0. The molecule has 0 heterocycles. The molecule has 0 aliphatic carbocycles. The normalized spacial score (nSPS) is 12.6. The van der Waals surface area contributed by atoms with Crippen LogP contribution in [0.3, 0.4) is 0 Å². The van der Waals surface area contributed by atoms with Crippen LogP contribution in [0.2, 0.25) is 0 Å². The summed E-state index contributed by atoms with van der Waals surface area (Å²) in [6.45, 7) is 6.45. The van der Waals surface area contributed by atoms with Gasteiger partial charge in [-0.2, -0.15) is 0 Å². The van der Waals surface area contributed by atoms with E-state index in [1.54, 1.807) is 24.3 Å². The Balaban J connectivity index is 2.48. The van der Waals surface area contributed by atoms with E-state index in [0.717, 1.165) is 5.56 Å². The number of benzene rings is 1. The van der Waals surface area contributed by atoms with Crippen molar-refractivity contribution in [3.05, 3.63) is 35.4 Å². The highest BCUT2D eigenvalue weighted by Crippen LogP contribution is 2.19. The minimum absolute atomic E-state index is 0.0746. The van der Waals surface area contributed by atoms with Crippen LogP contribution in [0, 0.1) is 5.41 Å². The Labute approximate surface area is 125 Å². The van der Waals surface area contributed by atoms with Crippen LogP contribution in [0.25, 0.3) is 0 Å². The highest BCUT2D eigenvalue weighted by molar-refractivity contribution is 5.89. The van der Waals surface area contributed by atoms with Crippen molar-refractivity contribution in [1.29, 1.82) is 0 Å². The first kappa shape index (κ1) is 17.2. The van der Waals surface area contributed by atoms with Crippen molar-refractivity contribution in [2.24, 2.45) is 11.1 Å². The fraction of sp³-hybridized carbons (Fsp3) is 0.500. The molecular formula is C16H24N2O3. The predicted molar refractivity (Wildman–Crippen MR) is 81.7 cm³/mol. The van der Waals surface area contributed by atoms with Crippen LogP contribution in [-0.2, 0) is 16.1 Å². The summed E-state index contributed by atoms with van der Waals surface area (Å²) in [5.41, 5.74) is 7.28. The van der Waals surface area contributed by atoms with Gasteiger partial charge in [0.05, 0.1) is 12.7 Å². The Morgan fingerprint density at radius 2 is 1.81 bits per heavy atom. The zero-order valence-electron chi connectivity index (χ0n) is 13.1. The maximum absolute atomic E-state index is 11.8. The first-order valence-electron chi connectivity index (χ1n) is 6.93. The molecule has 0 radical (unpaired) electrons. The number of carbonyl (C=O) groups excluding carboxylic acids is 2. The number of esters is 1. The van der Waals surface area contributed by atoms with Gasteiger partial charge in [0, 0.05) is 19.0 Å². The number of methoxy groups -OCH3 is 1. The molecule has 0 saturated carbocycles. The maximum Gasteiger partial charge on any atom is 0.337 e. The number of carbonyl (C=O) groups is 2. The molecule has 0 aliphatic heterocycles. The van der Waals surface area contributed by atoms with Gasteiger partial charge in [-0.25, -0.2) is 4.79 Å². The summed E-state index contributed by atoms with van der Waals surface area (Å²) < 4.78 is 4.63. The summed E-state index contributed by atoms with van der Waals surface area (Å²) >= 11 is 0. The third kappa shape index (κ3) is 5.55. The van der Waals surface area contributed by atoms with E-state index in [2.05, 4.69) is 10.1 Å². The number of amides is 1. The average molecular weight is 292 g/mol. The molecule has 1 aromatic rings. The molecule has 5 heteroatoms. The Hall–Kier alpha value is -1.88. The summed E-state index contributed by atoms with van der Waals surface area (Å²) in [5.74, 6) is -0.448. The molecule has 1 amide bonds. The van der Waals surface area contributed by atoms with E-state index < -0.39 is 0 Å². The molecule has 0 bridgehead atoms. The number of ether oxygens (including phenoxy) is 1. The second-order valence-corrected chi connectivity index (χ2v) is 6.14. The van der Waals surface area contributed by atoms with Crippen LogP contribution in [-0.4, -0.2) is 25.0 Å². The van der Waals surface area contributed by atoms with E-state index in [1.807, 2.05) is 20.8 Å². The Morgan fingerprint density at radius 1 is 1.24 bits per heavy atom. The topological polar surface area (TPSA) is 81.4 Å². The van der Waals surface area contributed by atoms with Crippen molar-refractivity contribution < 1.29 is 14.3 Å². The largest absolute Gasteiger partial charge is 0.465 e. The van der Waals surface area contributed by atoms with Gasteiger partial charge in [0.15, 0.2) is 0 Å². The fourth-order valence-corrected chi connectivity index (χ4v) is 1.66. The van der Waals surface area contributed by atoms with Gasteiger partial charge in [-0.3, -0.25) is 4.79 Å². The minimum atomic E-state index is -0.373. The lowest BCUT2D eigenvalue weighted by molar-refractivity contribution is -0.122. The fourth-order valence-electron chi connectivity index (χ4n) is 1.66. The lowest BCUT2D eigenvalue weighted by Crippen LogP contribution is -2.40. The van der Waals surface area contributed by atoms with Gasteiger partial charge in [0.1, 0.15) is 0 Å². The Kier molecular flexibility index (Phi) is 5.90. The minimum Gasteiger partial charge on any atom is -0.465 e. The summed E-state index contributed by atoms with van der Waals surface area (Å²) in [6, 6.07) is 6.74. The lowest BCUT2D eigenvalue weighted by atomic mass is 9.85. The van der Waals surface area contributed by atoms with Crippen molar-refractivity contribution in [3.8, 4) is 0 Å². The smallest absolute Gasteiger partial charge is 0.337 e. The monoisotopic (exact) mass is 292 g/mol. The van der Waals surface area contributed by atoms with Crippen LogP contribution in [0.1, 0.15) is 43.1 Å². The van der Waals surface area contributed by atoms with Crippen LogP contribution in [0.4, 0.5) is 0 Å². The van der Waals surface area contributed by atoms with Crippen molar-refractivity contribution >= 4 is 11.9 Å². The van der Waals surface area contributed by atoms with E-state index in [0.29, 0.717) is 18.5 Å². The second kappa shape index (κ2) is 7.22. The molecule has 0 spiro atoms. The molecule has 3 N–H and O–H groups in total. The van der Waals surface area contributed by atoms with Crippen molar-refractivity contribution in [3.63, 3.8) is 0 Å². The third-order valence-electron chi connectivity index (χ3n) is 3.38. The van der Waals surface area contributed by atoms with Crippen molar-refractivity contribution in [2.45, 2.75) is 39.8 Å². The summed E-state index contributed by atoms with van der Waals surface area (Å²) in [4.78, 5) is 23.1. The van der Waals surface area contributed by atoms with Gasteiger partial charge >= 0.3 is 5.97 Å². The molecule has 1 aromatic carbocycles. The van der Waals surface area contributed by atoms with E-state index in [9.17, 15) is 9.59 Å². The van der Waals surface area contributed by atoms with Crippen LogP contribution in [0.5, 0.6) is 0 Å². The molecule has 0 aromatic heterocycles. The summed E-state index contributed by atoms with van der Waals surface area (Å²) in [5, 5.41) is 2.83. The molecule has 21 heavy (non-hydrogen) atoms. The zero-order valence-corrected chi connectivity index (χ0v) is 13.1. The number of hydrogen-bond acceptors (Lipinski definition) is 4. The molecule has 1 rings (SSSR count). The average Bonchev–Trinajstić information content (AvgIpc) is 2.43. The number of hydrogen-bond donors (Lipinski definition) is 2. The molecule has 1 atom stereocenters. The molecule has 0 saturated heterocycles. The molecule has 1 unspecified atom stereocenters. The van der Waals surface area contributed by atoms with Gasteiger partial charge in [0.2, 0.25) is 5.91 Å². The Bertz CT molecular complexity index is 489. The molecular weight excluding hydrogens is 268 g/mol. The van der Waals surface area contributed by atoms with E-state index in [-0.39, 0.29) is 23.3 Å². The molecule has 5 nitrogen and oxygen atoms in total. The van der Waals surface area contributed by atoms with Crippen molar-refractivity contribution in [1.82, 2.24) is 5.32 Å². The van der Waals surface area contributed by atoms with E-state index in [4.69, 9.17) is 5.73 Å². The van der Waals surface area contributed by atoms with Gasteiger partial charge in [-0.1, -0.05) is 32.9 Å². The second-order valence-electron chi connectivity index (χ2n) is 6.14. The van der Waals surface area contributed by atoms with Gasteiger partial charge in [-0.05, 0) is 23.1 Å². The van der Waals surface area contributed by atoms with Crippen LogP contribution in [0.15, 0.2) is 24.3 Å². The molecule has 116 valence electrons. The first-order valence-corrected chi connectivity index (χ1v) is 6.93. The molecule has 0 fully saturated rings. The Morgan fingerprint density at radius 3 is 2.29 bits per heavy atom. The molecule has 0 aliphatic rings. The van der Waals surface area contributed by atoms with Crippen LogP contribution < -0.4 is 11.1 Å². The SMILES string of the molecule is COC(=O)c1ccc(CNC(=O)CC(N)C(C)(C)C)cc1. The number of nitrogens with one attached hydrogen (secondary N) is 1. The van der Waals surface area contributed by atoms with Gasteiger partial charge < -0.3 is 15.8 Å². The third-order valence-corrected chi connectivity index (χ3v) is 3.38. The highest BCUT2D eigenvalue weighted by atomic mass is 16.5. The standard InChI is InChI=1S/C16H24N2O3/c1-16(2,3)13(17)9-14(19)18-10-11-5-7-12(8-6-11)15(20)21-4/h5-8,13H,9-10,17H2,1-4H3,(H,18,19). The maximum atomic E-state index is 11.8.